The summed E-state index contributed by atoms with van der Waals surface area (Å²) in [6.45, 7) is 5.85. The SMILES string of the molecule is CCCNCCCC(C)n1cc(C(F)(F)F)cn1. The largest absolute Gasteiger partial charge is 0.419 e. The van der Waals surface area contributed by atoms with Crippen LogP contribution in [0.5, 0.6) is 0 Å². The third-order valence-corrected chi connectivity index (χ3v) is 2.78. The highest BCUT2D eigenvalue weighted by Crippen LogP contribution is 2.29. The molecule has 0 fully saturated rings. The molecule has 18 heavy (non-hydrogen) atoms. The number of hydrogen-bond donors (Lipinski definition) is 1. The molecule has 0 amide bonds. The topological polar surface area (TPSA) is 29.9 Å². The summed E-state index contributed by atoms with van der Waals surface area (Å²) < 4.78 is 38.6. The van der Waals surface area contributed by atoms with Crippen molar-refractivity contribution in [3.8, 4) is 0 Å². The summed E-state index contributed by atoms with van der Waals surface area (Å²) in [6, 6.07) is -0.00970. The van der Waals surface area contributed by atoms with E-state index in [0.29, 0.717) is 0 Å². The van der Waals surface area contributed by atoms with Gasteiger partial charge in [0.2, 0.25) is 0 Å². The molecule has 0 bridgehead atoms. The van der Waals surface area contributed by atoms with Gasteiger partial charge < -0.3 is 5.32 Å². The van der Waals surface area contributed by atoms with Gasteiger partial charge in [0, 0.05) is 12.2 Å². The Hall–Kier alpha value is -1.04. The lowest BCUT2D eigenvalue weighted by molar-refractivity contribution is -0.137. The molecule has 1 rings (SSSR count). The van der Waals surface area contributed by atoms with Crippen molar-refractivity contribution in [2.75, 3.05) is 13.1 Å². The zero-order valence-corrected chi connectivity index (χ0v) is 10.8. The molecule has 1 unspecified atom stereocenters. The lowest BCUT2D eigenvalue weighted by Crippen LogP contribution is -2.17. The normalized spacial score (nSPS) is 13.8. The van der Waals surface area contributed by atoms with Gasteiger partial charge in [-0.1, -0.05) is 6.92 Å². The zero-order chi connectivity index (χ0) is 13.6. The summed E-state index contributed by atoms with van der Waals surface area (Å²) in [6.07, 6.45) is 0.484. The molecule has 1 atom stereocenters. The molecule has 0 aliphatic carbocycles. The Kier molecular flexibility index (Phi) is 5.65. The van der Waals surface area contributed by atoms with Crippen LogP contribution in [0.4, 0.5) is 13.2 Å². The molecule has 0 saturated heterocycles. The molecule has 1 aromatic rings. The molecule has 0 radical (unpaired) electrons. The average Bonchev–Trinajstić information content (AvgIpc) is 2.77. The first-order chi connectivity index (χ1) is 8.45. The van der Waals surface area contributed by atoms with Gasteiger partial charge in [-0.2, -0.15) is 18.3 Å². The van der Waals surface area contributed by atoms with E-state index in [9.17, 15) is 13.2 Å². The molecule has 3 nitrogen and oxygen atoms in total. The van der Waals surface area contributed by atoms with Crippen molar-refractivity contribution in [2.45, 2.75) is 45.3 Å². The highest BCUT2D eigenvalue weighted by molar-refractivity contribution is 5.08. The summed E-state index contributed by atoms with van der Waals surface area (Å²) in [5.74, 6) is 0. The van der Waals surface area contributed by atoms with E-state index in [0.717, 1.165) is 44.7 Å². The molecule has 1 aromatic heterocycles. The molecule has 0 aromatic carbocycles. The van der Waals surface area contributed by atoms with Crippen LogP contribution in [0.25, 0.3) is 0 Å². The third kappa shape index (κ3) is 4.68. The first-order valence-electron chi connectivity index (χ1n) is 6.27. The molecule has 0 spiro atoms. The van der Waals surface area contributed by atoms with E-state index in [-0.39, 0.29) is 6.04 Å². The van der Waals surface area contributed by atoms with E-state index < -0.39 is 11.7 Å². The number of alkyl halides is 3. The van der Waals surface area contributed by atoms with Gasteiger partial charge in [0.15, 0.2) is 0 Å². The monoisotopic (exact) mass is 263 g/mol. The Morgan fingerprint density at radius 2 is 2.11 bits per heavy atom. The van der Waals surface area contributed by atoms with Gasteiger partial charge in [-0.25, -0.2) is 0 Å². The van der Waals surface area contributed by atoms with Gasteiger partial charge in [0.1, 0.15) is 0 Å². The predicted octanol–water partition coefficient (Wildman–Crippen LogP) is 3.24. The maximum atomic E-state index is 12.4. The van der Waals surface area contributed by atoms with Crippen molar-refractivity contribution < 1.29 is 13.2 Å². The smallest absolute Gasteiger partial charge is 0.317 e. The maximum Gasteiger partial charge on any atom is 0.419 e. The highest BCUT2D eigenvalue weighted by atomic mass is 19.4. The second kappa shape index (κ2) is 6.78. The molecule has 0 saturated carbocycles. The van der Waals surface area contributed by atoms with Crippen LogP contribution in [-0.2, 0) is 6.18 Å². The van der Waals surface area contributed by atoms with Crippen molar-refractivity contribution in [3.05, 3.63) is 18.0 Å². The number of rotatable bonds is 7. The first kappa shape index (κ1) is 15.0. The second-order valence-corrected chi connectivity index (χ2v) is 4.45. The number of nitrogens with zero attached hydrogens (tertiary/aromatic N) is 2. The Morgan fingerprint density at radius 3 is 2.67 bits per heavy atom. The van der Waals surface area contributed by atoms with E-state index in [1.165, 1.54) is 4.68 Å². The van der Waals surface area contributed by atoms with Crippen molar-refractivity contribution in [2.24, 2.45) is 0 Å². The fraction of sp³-hybridized carbons (Fsp3) is 0.750. The van der Waals surface area contributed by atoms with Crippen LogP contribution in [0.3, 0.4) is 0 Å². The Morgan fingerprint density at radius 1 is 1.39 bits per heavy atom. The molecule has 6 heteroatoms. The van der Waals surface area contributed by atoms with Gasteiger partial charge in [0.05, 0.1) is 11.8 Å². The lowest BCUT2D eigenvalue weighted by Gasteiger charge is -2.12. The maximum absolute atomic E-state index is 12.4. The summed E-state index contributed by atoms with van der Waals surface area (Å²) in [4.78, 5) is 0. The molecule has 1 heterocycles. The summed E-state index contributed by atoms with van der Waals surface area (Å²) in [5, 5.41) is 7.04. The number of aromatic nitrogens is 2. The first-order valence-corrected chi connectivity index (χ1v) is 6.27. The van der Waals surface area contributed by atoms with Gasteiger partial charge in [-0.3, -0.25) is 4.68 Å². The standard InChI is InChI=1S/C12H20F3N3/c1-3-6-16-7-4-5-10(2)18-9-11(8-17-18)12(13,14)15/h8-10,16H,3-7H2,1-2H3. The van der Waals surface area contributed by atoms with Crippen LogP contribution in [0.1, 0.15) is 44.7 Å². The number of halogens is 3. The minimum atomic E-state index is -4.30. The third-order valence-electron chi connectivity index (χ3n) is 2.78. The van der Waals surface area contributed by atoms with Crippen molar-refractivity contribution in [1.29, 1.82) is 0 Å². The van der Waals surface area contributed by atoms with E-state index in [1.54, 1.807) is 0 Å². The average molecular weight is 263 g/mol. The van der Waals surface area contributed by atoms with E-state index in [4.69, 9.17) is 0 Å². The minimum Gasteiger partial charge on any atom is -0.317 e. The van der Waals surface area contributed by atoms with Crippen molar-refractivity contribution in [1.82, 2.24) is 15.1 Å². The van der Waals surface area contributed by atoms with Gasteiger partial charge >= 0.3 is 6.18 Å². The predicted molar refractivity (Wildman–Crippen MR) is 64.3 cm³/mol. The molecular formula is C12H20F3N3. The van der Waals surface area contributed by atoms with Gasteiger partial charge in [0.25, 0.3) is 0 Å². The van der Waals surface area contributed by atoms with Crippen LogP contribution < -0.4 is 5.32 Å². The van der Waals surface area contributed by atoms with Crippen LogP contribution in [0, 0.1) is 0 Å². The van der Waals surface area contributed by atoms with E-state index >= 15 is 0 Å². The van der Waals surface area contributed by atoms with Crippen LogP contribution in [0.15, 0.2) is 12.4 Å². The van der Waals surface area contributed by atoms with Crippen LogP contribution >= 0.6 is 0 Å². The summed E-state index contributed by atoms with van der Waals surface area (Å²) >= 11 is 0. The fourth-order valence-electron chi connectivity index (χ4n) is 1.68. The summed E-state index contributed by atoms with van der Waals surface area (Å²) in [5.41, 5.74) is -0.682. The highest BCUT2D eigenvalue weighted by Gasteiger charge is 2.32. The zero-order valence-electron chi connectivity index (χ0n) is 10.8. The minimum absolute atomic E-state index is 0.00970. The number of hydrogen-bond acceptors (Lipinski definition) is 2. The van der Waals surface area contributed by atoms with Crippen LogP contribution in [0.2, 0.25) is 0 Å². The van der Waals surface area contributed by atoms with Gasteiger partial charge in [-0.05, 0) is 39.3 Å². The molecule has 0 aliphatic heterocycles. The lowest BCUT2D eigenvalue weighted by atomic mass is 10.2. The molecule has 1 N–H and O–H groups in total. The Balaban J connectivity index is 2.37. The fourth-order valence-corrected chi connectivity index (χ4v) is 1.68. The second-order valence-electron chi connectivity index (χ2n) is 4.45. The number of nitrogens with one attached hydrogen (secondary N) is 1. The van der Waals surface area contributed by atoms with Crippen molar-refractivity contribution in [3.63, 3.8) is 0 Å². The van der Waals surface area contributed by atoms with Crippen molar-refractivity contribution >= 4 is 0 Å². The molecule has 104 valence electrons. The molecule has 0 aliphatic rings. The van der Waals surface area contributed by atoms with Gasteiger partial charge in [-0.15, -0.1) is 0 Å². The van der Waals surface area contributed by atoms with Crippen LogP contribution in [-0.4, -0.2) is 22.9 Å². The summed E-state index contributed by atoms with van der Waals surface area (Å²) in [7, 11) is 0. The Bertz CT molecular complexity index is 347. The quantitative estimate of drug-likeness (QED) is 0.765. The molecular weight excluding hydrogens is 243 g/mol. The van der Waals surface area contributed by atoms with E-state index in [2.05, 4.69) is 17.3 Å². The Labute approximate surface area is 105 Å². The van der Waals surface area contributed by atoms with E-state index in [1.807, 2.05) is 6.92 Å².